The highest BCUT2D eigenvalue weighted by atomic mass is 16.7. The van der Waals surface area contributed by atoms with Crippen molar-refractivity contribution in [1.82, 2.24) is 55.3 Å². The molecule has 7 heterocycles. The summed E-state index contributed by atoms with van der Waals surface area (Å²) in [6.07, 6.45) is 0.510. The number of aromatic nitrogens is 4. The van der Waals surface area contributed by atoms with E-state index in [1.165, 1.54) is 34.1 Å². The Hall–Kier alpha value is -8.79. The summed E-state index contributed by atoms with van der Waals surface area (Å²) in [4.78, 5) is 153. The Bertz CT molecular complexity index is 2910. The van der Waals surface area contributed by atoms with Crippen molar-refractivity contribution in [2.75, 3.05) is 79.2 Å². The maximum Gasteiger partial charge on any atom is 0.296 e. The number of rotatable bonds is 9. The summed E-state index contributed by atoms with van der Waals surface area (Å²) < 4.78 is 6.03. The molecule has 7 rings (SSSR count). The van der Waals surface area contributed by atoms with Crippen molar-refractivity contribution in [2.24, 2.45) is 5.73 Å². The van der Waals surface area contributed by atoms with Crippen LogP contribution in [0, 0.1) is 0 Å². The number of carbonyl (C=O) groups excluding carboxylic acids is 7. The topological polar surface area (TPSA) is 379 Å². The van der Waals surface area contributed by atoms with Crippen LogP contribution in [0.15, 0.2) is 79.8 Å². The molecule has 28 heteroatoms. The van der Waals surface area contributed by atoms with Crippen LogP contribution in [0.4, 0.5) is 0 Å². The molecule has 4 aromatic rings. The summed E-state index contributed by atoms with van der Waals surface area (Å²) in [7, 11) is 1.04. The normalized spacial score (nSPS) is 15.9. The van der Waals surface area contributed by atoms with E-state index in [4.69, 9.17) is 15.3 Å². The van der Waals surface area contributed by atoms with E-state index in [-0.39, 0.29) is 123 Å². The van der Waals surface area contributed by atoms with Gasteiger partial charge in [-0.05, 0) is 62.1 Å². The number of pyridine rings is 4. The number of nitrogens with zero attached hydrogens (tertiary/aromatic N) is 6. The van der Waals surface area contributed by atoms with Crippen LogP contribution >= 0.6 is 0 Å². The smallest absolute Gasteiger partial charge is 0.296 e. The van der Waals surface area contributed by atoms with E-state index in [9.17, 15) is 68.4 Å². The maximum absolute atomic E-state index is 13.8. The molecule has 0 spiro atoms. The van der Waals surface area contributed by atoms with Gasteiger partial charge >= 0.3 is 0 Å². The number of carbonyl (C=O) groups is 7. The monoisotopic (exact) mass is 1010 g/mol. The molecule has 0 radical (unpaired) electrons. The predicted molar refractivity (Wildman–Crippen MR) is 248 cm³/mol. The Morgan fingerprint density at radius 1 is 0.625 bits per heavy atom. The number of fused-ring (bicyclic) bond motifs is 2. The van der Waals surface area contributed by atoms with E-state index in [1.54, 1.807) is 0 Å². The highest BCUT2D eigenvalue weighted by Crippen LogP contribution is 2.10. The van der Waals surface area contributed by atoms with Crippen molar-refractivity contribution >= 4 is 41.4 Å². The van der Waals surface area contributed by atoms with Gasteiger partial charge in [-0.2, -0.15) is 0 Å². The number of nitrogens with two attached hydrogens (primary N) is 1. The van der Waals surface area contributed by atoms with E-state index in [0.29, 0.717) is 4.73 Å². The first-order valence-electron chi connectivity index (χ1n) is 22.4. The van der Waals surface area contributed by atoms with Gasteiger partial charge in [0, 0.05) is 71.0 Å². The van der Waals surface area contributed by atoms with Crippen LogP contribution in [-0.2, 0) is 9.53 Å². The standard InChI is InChI=1S/C44H54N12O16/c1-71-56-31-15-13-28(42(56)65)37(60)50-29(38(61)48-19-25-72-24-16-45)26-49-36(59)27-12-14-30(55(70)41(27)64)39(62)46-17-6-22-51(43(66)32-8-4-10-34(57)53(32)68)20-2-3-21-52(23-7-18-47-40(31)63)44(67)33-9-5-11-35(58)54(33)69/h4-5,8-15,29,68-70H,2-3,6-7,16-26,45H2,1H3,(H,46,62)(H,47,63)(H,48,61)(H,49,59)(H,50,60). The molecule has 4 bridgehead atoms. The molecule has 1 unspecified atom stereocenters. The van der Waals surface area contributed by atoms with Crippen LogP contribution in [0.25, 0.3) is 0 Å². The molecule has 72 heavy (non-hydrogen) atoms. The third-order valence-electron chi connectivity index (χ3n) is 10.9. The summed E-state index contributed by atoms with van der Waals surface area (Å²) >= 11 is 0. The first-order valence-corrected chi connectivity index (χ1v) is 22.4. The largest absolute Gasteiger partial charge is 0.425 e. The van der Waals surface area contributed by atoms with Crippen molar-refractivity contribution in [3.63, 3.8) is 0 Å². The molecule has 3 aliphatic rings. The van der Waals surface area contributed by atoms with Gasteiger partial charge < -0.3 is 67.3 Å². The van der Waals surface area contributed by atoms with Gasteiger partial charge in [0.05, 0.1) is 13.2 Å². The lowest BCUT2D eigenvalue weighted by molar-refractivity contribution is -0.123. The van der Waals surface area contributed by atoms with E-state index in [1.807, 2.05) is 0 Å². The van der Waals surface area contributed by atoms with Gasteiger partial charge in [0.2, 0.25) is 5.91 Å². The number of amides is 7. The summed E-state index contributed by atoms with van der Waals surface area (Å²) in [6.45, 7) is -0.869. The Morgan fingerprint density at radius 3 is 1.68 bits per heavy atom. The molecule has 28 nitrogen and oxygen atoms in total. The second-order valence-electron chi connectivity index (χ2n) is 15.7. The van der Waals surface area contributed by atoms with Gasteiger partial charge in [0.25, 0.3) is 57.7 Å². The van der Waals surface area contributed by atoms with Crippen LogP contribution in [0.2, 0.25) is 0 Å². The average Bonchev–Trinajstić information content (AvgIpc) is 3.36. The summed E-state index contributed by atoms with van der Waals surface area (Å²) in [5.41, 5.74) is -1.87. The SMILES string of the molecule is COn1c2ccc(c1=O)C(=O)NC(C(=O)NCCOCCN)CNC(=O)c1ccc(n(O)c1=O)C(=O)NCCCN(C(=O)c1cccc(=O)n1O)CCCCN(C(=O)c1cccc(=O)n1O)CCCNC2=O. The van der Waals surface area contributed by atoms with Gasteiger partial charge in [0.1, 0.15) is 47.1 Å². The maximum atomic E-state index is 13.8. The van der Waals surface area contributed by atoms with Crippen LogP contribution in [0.3, 0.4) is 0 Å². The molecular weight excluding hydrogens is 953 g/mol. The molecule has 0 fully saturated rings. The first-order chi connectivity index (χ1) is 34.5. The van der Waals surface area contributed by atoms with Crippen molar-refractivity contribution in [3.8, 4) is 0 Å². The molecule has 0 aromatic carbocycles. The van der Waals surface area contributed by atoms with Gasteiger partial charge in [-0.25, -0.2) is 0 Å². The molecular formula is C44H54N12O16. The fourth-order valence-electron chi connectivity index (χ4n) is 7.18. The summed E-state index contributed by atoms with van der Waals surface area (Å²) in [5.74, 6) is -6.55. The minimum atomic E-state index is -1.62. The zero-order valence-electron chi connectivity index (χ0n) is 38.9. The second-order valence-corrected chi connectivity index (χ2v) is 15.7. The van der Waals surface area contributed by atoms with Gasteiger partial charge in [-0.3, -0.25) is 52.7 Å². The highest BCUT2D eigenvalue weighted by molar-refractivity contribution is 6.00. The second kappa shape index (κ2) is 25.7. The molecule has 0 saturated carbocycles. The zero-order valence-corrected chi connectivity index (χ0v) is 38.9. The van der Waals surface area contributed by atoms with Crippen LogP contribution in [0.1, 0.15) is 88.4 Å². The number of nitrogens with one attached hydrogen (secondary N) is 5. The Balaban J connectivity index is 1.46. The van der Waals surface area contributed by atoms with Gasteiger partial charge in [-0.1, -0.05) is 12.1 Å². The highest BCUT2D eigenvalue weighted by Gasteiger charge is 2.28. The van der Waals surface area contributed by atoms with Crippen molar-refractivity contribution < 1.29 is 58.8 Å². The predicted octanol–water partition coefficient (Wildman–Crippen LogP) is -3.96. The van der Waals surface area contributed by atoms with Crippen LogP contribution < -0.4 is 59.4 Å². The minimum Gasteiger partial charge on any atom is -0.425 e. The van der Waals surface area contributed by atoms with E-state index in [0.717, 1.165) is 43.5 Å². The van der Waals surface area contributed by atoms with Crippen molar-refractivity contribution in [1.29, 1.82) is 0 Å². The molecule has 0 aliphatic carbocycles. The fourth-order valence-corrected chi connectivity index (χ4v) is 7.18. The average molecular weight is 1010 g/mol. The lowest BCUT2D eigenvalue weighted by Crippen LogP contribution is -2.54. The van der Waals surface area contributed by atoms with Crippen LogP contribution in [-0.4, -0.2) is 171 Å². The van der Waals surface area contributed by atoms with E-state index >= 15 is 0 Å². The molecule has 7 amide bonds. The van der Waals surface area contributed by atoms with Gasteiger partial charge in [-0.15, -0.1) is 18.9 Å². The van der Waals surface area contributed by atoms with Gasteiger partial charge in [0.15, 0.2) is 0 Å². The van der Waals surface area contributed by atoms with Crippen molar-refractivity contribution in [2.45, 2.75) is 31.7 Å². The molecule has 0 saturated heterocycles. The Morgan fingerprint density at radius 2 is 1.14 bits per heavy atom. The van der Waals surface area contributed by atoms with E-state index < -0.39 is 93.0 Å². The Labute approximate surface area is 407 Å². The molecule has 4 aromatic heterocycles. The quantitative estimate of drug-likeness (QED) is 0.0571. The summed E-state index contributed by atoms with van der Waals surface area (Å²) in [5, 5.41) is 43.7. The zero-order chi connectivity index (χ0) is 52.5. The molecule has 386 valence electrons. The molecule has 1 atom stereocenters. The molecule has 10 N–H and O–H groups in total. The lowest BCUT2D eigenvalue weighted by Gasteiger charge is -2.26. The van der Waals surface area contributed by atoms with Crippen LogP contribution in [0.5, 0.6) is 0 Å². The number of hydrogen-bond donors (Lipinski definition) is 9. The fraction of sp³-hybridized carbons (Fsp3) is 0.386. The minimum absolute atomic E-state index is 0.00627. The number of hydrogen-bond acceptors (Lipinski definition) is 17. The third kappa shape index (κ3) is 13.5. The van der Waals surface area contributed by atoms with E-state index in [2.05, 4.69) is 26.6 Å². The Kier molecular flexibility index (Phi) is 19.3. The third-order valence-corrected chi connectivity index (χ3v) is 10.9. The lowest BCUT2D eigenvalue weighted by atomic mass is 10.1. The summed E-state index contributed by atoms with van der Waals surface area (Å²) in [6, 6.07) is 9.37. The first kappa shape index (κ1) is 54.2. The van der Waals surface area contributed by atoms with Crippen molar-refractivity contribution in [3.05, 3.63) is 136 Å². The number of ether oxygens (including phenoxy) is 1. The molecule has 3 aliphatic heterocycles.